The molecule has 1 rings (SSSR count). The van der Waals surface area contributed by atoms with Crippen LogP contribution >= 0.6 is 11.3 Å². The summed E-state index contributed by atoms with van der Waals surface area (Å²) in [5.74, 6) is -0.521. The fraction of sp³-hybridized carbons (Fsp3) is 0.545. The van der Waals surface area contributed by atoms with E-state index in [9.17, 15) is 9.59 Å². The number of carbonyl (C=O) groups is 2. The average Bonchev–Trinajstić information content (AvgIpc) is 2.76. The van der Waals surface area contributed by atoms with E-state index < -0.39 is 6.04 Å². The minimum atomic E-state index is -0.576. The molecule has 3 N–H and O–H groups in total. The third kappa shape index (κ3) is 3.51. The maximum absolute atomic E-state index is 11.8. The molecule has 18 heavy (non-hydrogen) atoms. The van der Waals surface area contributed by atoms with Crippen molar-refractivity contribution in [1.82, 2.24) is 15.2 Å². The number of nitrogens with zero attached hydrogens (tertiary/aromatic N) is 2. The van der Waals surface area contributed by atoms with Crippen LogP contribution in [0.15, 0.2) is 5.38 Å². The van der Waals surface area contributed by atoms with Crippen LogP contribution in [-0.2, 0) is 4.79 Å². The van der Waals surface area contributed by atoms with Crippen LogP contribution in [0.1, 0.15) is 35.4 Å². The van der Waals surface area contributed by atoms with Gasteiger partial charge in [-0.25, -0.2) is 4.98 Å². The molecule has 0 aliphatic rings. The summed E-state index contributed by atoms with van der Waals surface area (Å²) in [6, 6.07) is -0.773. The van der Waals surface area contributed by atoms with E-state index in [4.69, 9.17) is 5.73 Å². The first-order valence-corrected chi connectivity index (χ1v) is 6.44. The van der Waals surface area contributed by atoms with Crippen molar-refractivity contribution in [2.45, 2.75) is 25.9 Å². The van der Waals surface area contributed by atoms with Crippen molar-refractivity contribution in [2.75, 3.05) is 14.1 Å². The molecule has 2 amide bonds. The molecule has 0 aromatic carbocycles. The van der Waals surface area contributed by atoms with Crippen molar-refractivity contribution in [3.05, 3.63) is 16.1 Å². The Morgan fingerprint density at radius 3 is 2.50 bits per heavy atom. The Labute approximate surface area is 110 Å². The van der Waals surface area contributed by atoms with Gasteiger partial charge < -0.3 is 16.0 Å². The van der Waals surface area contributed by atoms with Crippen molar-refractivity contribution < 1.29 is 9.59 Å². The summed E-state index contributed by atoms with van der Waals surface area (Å²) in [6.07, 6.45) is 0. The van der Waals surface area contributed by atoms with Gasteiger partial charge in [0.15, 0.2) is 0 Å². The fourth-order valence-corrected chi connectivity index (χ4v) is 2.08. The normalized spacial score (nSPS) is 13.8. The van der Waals surface area contributed by atoms with Crippen LogP contribution in [0.2, 0.25) is 0 Å². The smallest absolute Gasteiger partial charge is 0.271 e. The first-order valence-electron chi connectivity index (χ1n) is 5.56. The quantitative estimate of drug-likeness (QED) is 0.827. The van der Waals surface area contributed by atoms with Gasteiger partial charge in [-0.2, -0.15) is 0 Å². The van der Waals surface area contributed by atoms with Gasteiger partial charge in [-0.3, -0.25) is 9.59 Å². The van der Waals surface area contributed by atoms with Gasteiger partial charge in [0, 0.05) is 19.5 Å². The van der Waals surface area contributed by atoms with Gasteiger partial charge in [0.1, 0.15) is 16.7 Å². The molecule has 0 saturated heterocycles. The minimum Gasteiger partial charge on any atom is -0.347 e. The first kappa shape index (κ1) is 14.6. The summed E-state index contributed by atoms with van der Waals surface area (Å²) in [4.78, 5) is 29.0. The van der Waals surface area contributed by atoms with E-state index in [2.05, 4.69) is 10.3 Å². The van der Waals surface area contributed by atoms with Gasteiger partial charge in [0.25, 0.3) is 5.91 Å². The molecule has 2 atom stereocenters. The molecular weight excluding hydrogens is 252 g/mol. The lowest BCUT2D eigenvalue weighted by atomic mass is 10.3. The Bertz CT molecular complexity index is 442. The largest absolute Gasteiger partial charge is 0.347 e. The Hall–Kier alpha value is -1.47. The van der Waals surface area contributed by atoms with Crippen LogP contribution in [0.5, 0.6) is 0 Å². The SMILES string of the molecule is CC(NC(=O)c1csc(C(C)N)n1)C(=O)N(C)C. The molecule has 0 fully saturated rings. The Kier molecular flexibility index (Phi) is 4.80. The standard InChI is InChI=1S/C11H18N4O2S/c1-6(12)10-14-8(5-18-10)9(16)13-7(2)11(17)15(3)4/h5-7H,12H2,1-4H3,(H,13,16). The van der Waals surface area contributed by atoms with Crippen LogP contribution in [0, 0.1) is 0 Å². The number of carbonyl (C=O) groups excluding carboxylic acids is 2. The van der Waals surface area contributed by atoms with Crippen molar-refractivity contribution in [3.63, 3.8) is 0 Å². The van der Waals surface area contributed by atoms with Crippen molar-refractivity contribution in [1.29, 1.82) is 0 Å². The highest BCUT2D eigenvalue weighted by Gasteiger charge is 2.20. The lowest BCUT2D eigenvalue weighted by molar-refractivity contribution is -0.130. The van der Waals surface area contributed by atoms with E-state index in [1.165, 1.54) is 16.2 Å². The monoisotopic (exact) mass is 270 g/mol. The number of rotatable bonds is 4. The van der Waals surface area contributed by atoms with Crippen molar-refractivity contribution >= 4 is 23.2 Å². The summed E-state index contributed by atoms with van der Waals surface area (Å²) < 4.78 is 0. The summed E-state index contributed by atoms with van der Waals surface area (Å²) in [5.41, 5.74) is 5.97. The zero-order chi connectivity index (χ0) is 13.9. The second-order valence-corrected chi connectivity index (χ2v) is 5.18. The number of aromatic nitrogens is 1. The third-order valence-electron chi connectivity index (χ3n) is 2.30. The lowest BCUT2D eigenvalue weighted by Crippen LogP contribution is -2.44. The van der Waals surface area contributed by atoms with E-state index in [1.807, 2.05) is 0 Å². The molecule has 1 heterocycles. The molecule has 1 aromatic rings. The van der Waals surface area contributed by atoms with Gasteiger partial charge in [0.05, 0.1) is 6.04 Å². The Balaban J connectivity index is 2.67. The molecule has 1 aromatic heterocycles. The molecule has 0 aliphatic carbocycles. The number of hydrogen-bond donors (Lipinski definition) is 2. The highest BCUT2D eigenvalue weighted by molar-refractivity contribution is 7.09. The molecule has 100 valence electrons. The minimum absolute atomic E-state index is 0.161. The van der Waals surface area contributed by atoms with E-state index in [1.54, 1.807) is 33.3 Å². The highest BCUT2D eigenvalue weighted by Crippen LogP contribution is 2.15. The number of likely N-dealkylation sites (N-methyl/N-ethyl adjacent to an activating group) is 1. The third-order valence-corrected chi connectivity index (χ3v) is 3.35. The van der Waals surface area contributed by atoms with E-state index >= 15 is 0 Å². The van der Waals surface area contributed by atoms with Gasteiger partial charge in [-0.15, -0.1) is 11.3 Å². The predicted octanol–water partition coefficient (Wildman–Crippen LogP) is 0.369. The molecule has 0 spiro atoms. The second-order valence-electron chi connectivity index (χ2n) is 4.29. The number of nitrogens with two attached hydrogens (primary N) is 1. The summed E-state index contributed by atoms with van der Waals surface area (Å²) in [5, 5.41) is 4.94. The molecule has 6 nitrogen and oxygen atoms in total. The maximum atomic E-state index is 11.8. The second kappa shape index (κ2) is 5.92. The van der Waals surface area contributed by atoms with Crippen LogP contribution in [0.3, 0.4) is 0 Å². The van der Waals surface area contributed by atoms with E-state index in [-0.39, 0.29) is 17.9 Å². The molecular formula is C11H18N4O2S. The number of nitrogens with one attached hydrogen (secondary N) is 1. The van der Waals surface area contributed by atoms with Crippen LogP contribution in [-0.4, -0.2) is 41.8 Å². The molecule has 0 bridgehead atoms. The van der Waals surface area contributed by atoms with E-state index in [0.29, 0.717) is 10.7 Å². The van der Waals surface area contributed by atoms with Crippen molar-refractivity contribution in [2.24, 2.45) is 5.73 Å². The van der Waals surface area contributed by atoms with Crippen LogP contribution in [0.4, 0.5) is 0 Å². The topological polar surface area (TPSA) is 88.3 Å². The summed E-state index contributed by atoms with van der Waals surface area (Å²) in [7, 11) is 3.28. The number of amides is 2. The van der Waals surface area contributed by atoms with Crippen molar-refractivity contribution in [3.8, 4) is 0 Å². The fourth-order valence-electron chi connectivity index (χ4n) is 1.32. The number of thiazole rings is 1. The molecule has 2 unspecified atom stereocenters. The molecule has 7 heteroatoms. The van der Waals surface area contributed by atoms with Crippen LogP contribution in [0.25, 0.3) is 0 Å². The van der Waals surface area contributed by atoms with Gasteiger partial charge in [-0.1, -0.05) is 0 Å². The maximum Gasteiger partial charge on any atom is 0.271 e. The first-order chi connectivity index (χ1) is 8.32. The zero-order valence-corrected chi connectivity index (χ0v) is 11.7. The van der Waals surface area contributed by atoms with Gasteiger partial charge >= 0.3 is 0 Å². The predicted molar refractivity (Wildman–Crippen MR) is 70.3 cm³/mol. The summed E-state index contributed by atoms with van der Waals surface area (Å²) in [6.45, 7) is 3.44. The Morgan fingerprint density at radius 2 is 2.06 bits per heavy atom. The zero-order valence-electron chi connectivity index (χ0n) is 10.9. The number of hydrogen-bond acceptors (Lipinski definition) is 5. The highest BCUT2D eigenvalue weighted by atomic mass is 32.1. The van der Waals surface area contributed by atoms with Gasteiger partial charge in [-0.05, 0) is 13.8 Å². The van der Waals surface area contributed by atoms with E-state index in [0.717, 1.165) is 0 Å². The molecule has 0 radical (unpaired) electrons. The average molecular weight is 270 g/mol. The van der Waals surface area contributed by atoms with Gasteiger partial charge in [0.2, 0.25) is 5.91 Å². The summed E-state index contributed by atoms with van der Waals surface area (Å²) >= 11 is 1.34. The molecule has 0 aliphatic heterocycles. The lowest BCUT2D eigenvalue weighted by Gasteiger charge is -2.17. The molecule has 0 saturated carbocycles. The Morgan fingerprint density at radius 1 is 1.44 bits per heavy atom. The van der Waals surface area contributed by atoms with Crippen LogP contribution < -0.4 is 11.1 Å².